The molecule has 0 saturated carbocycles. The van der Waals surface area contributed by atoms with E-state index in [0.29, 0.717) is 12.4 Å². The Morgan fingerprint density at radius 3 is 2.38 bits per heavy atom. The fourth-order valence-corrected chi connectivity index (χ4v) is 2.80. The van der Waals surface area contributed by atoms with Crippen LogP contribution in [0, 0.1) is 0 Å². The molecule has 0 fully saturated rings. The lowest BCUT2D eigenvalue weighted by molar-refractivity contribution is 0.415. The molecule has 6 nitrogen and oxygen atoms in total. The van der Waals surface area contributed by atoms with Gasteiger partial charge in [-0.25, -0.2) is 8.42 Å². The van der Waals surface area contributed by atoms with Crippen molar-refractivity contribution in [3.8, 4) is 17.1 Å². The molecule has 0 aliphatic carbocycles. The summed E-state index contributed by atoms with van der Waals surface area (Å²) in [5, 5.41) is 7.92. The Bertz CT molecular complexity index is 706. The average molecular weight is 309 g/mol. The van der Waals surface area contributed by atoms with Gasteiger partial charge in [0.05, 0.1) is 7.11 Å². The van der Waals surface area contributed by atoms with E-state index in [4.69, 9.17) is 4.74 Å². The van der Waals surface area contributed by atoms with E-state index in [1.54, 1.807) is 11.7 Å². The van der Waals surface area contributed by atoms with E-state index >= 15 is 0 Å². The van der Waals surface area contributed by atoms with E-state index in [2.05, 4.69) is 17.1 Å². The van der Waals surface area contributed by atoms with E-state index in [1.807, 2.05) is 24.3 Å². The lowest BCUT2D eigenvalue weighted by atomic mass is 10.2. The summed E-state index contributed by atoms with van der Waals surface area (Å²) in [5.41, 5.74) is 0.814. The SMILES string of the molecule is CCCCn1c(-c2ccc(OC)cc2)nnc1S(C)(=O)=O. The zero-order chi connectivity index (χ0) is 15.5. The summed E-state index contributed by atoms with van der Waals surface area (Å²) in [6.45, 7) is 2.63. The second-order valence-electron chi connectivity index (χ2n) is 4.81. The summed E-state index contributed by atoms with van der Waals surface area (Å²) in [5.74, 6) is 1.30. The number of nitrogens with zero attached hydrogens (tertiary/aromatic N) is 3. The number of hydrogen-bond donors (Lipinski definition) is 0. The van der Waals surface area contributed by atoms with Gasteiger partial charge in [-0.15, -0.1) is 10.2 Å². The van der Waals surface area contributed by atoms with Crippen molar-refractivity contribution in [2.45, 2.75) is 31.5 Å². The van der Waals surface area contributed by atoms with Gasteiger partial charge in [-0.2, -0.15) is 0 Å². The average Bonchev–Trinajstić information content (AvgIpc) is 2.89. The molecule has 2 aromatic rings. The van der Waals surface area contributed by atoms with E-state index in [9.17, 15) is 8.42 Å². The van der Waals surface area contributed by atoms with Crippen molar-refractivity contribution in [1.82, 2.24) is 14.8 Å². The van der Waals surface area contributed by atoms with Gasteiger partial charge in [-0.1, -0.05) is 13.3 Å². The highest BCUT2D eigenvalue weighted by Crippen LogP contribution is 2.23. The number of methoxy groups -OCH3 is 1. The van der Waals surface area contributed by atoms with Crippen LogP contribution < -0.4 is 4.74 Å². The van der Waals surface area contributed by atoms with E-state index in [0.717, 1.165) is 30.4 Å². The minimum Gasteiger partial charge on any atom is -0.497 e. The van der Waals surface area contributed by atoms with Crippen LogP contribution in [-0.2, 0) is 16.4 Å². The number of hydrogen-bond acceptors (Lipinski definition) is 5. The van der Waals surface area contributed by atoms with Gasteiger partial charge >= 0.3 is 0 Å². The van der Waals surface area contributed by atoms with Crippen molar-refractivity contribution in [1.29, 1.82) is 0 Å². The Hall–Kier alpha value is -1.89. The largest absolute Gasteiger partial charge is 0.497 e. The van der Waals surface area contributed by atoms with Crippen LogP contribution >= 0.6 is 0 Å². The first-order valence-electron chi connectivity index (χ1n) is 6.75. The van der Waals surface area contributed by atoms with Gasteiger partial charge in [0.15, 0.2) is 5.82 Å². The van der Waals surface area contributed by atoms with Gasteiger partial charge in [0.2, 0.25) is 15.0 Å². The quantitative estimate of drug-likeness (QED) is 0.817. The van der Waals surface area contributed by atoms with Crippen LogP contribution in [0.5, 0.6) is 5.75 Å². The Balaban J connectivity index is 2.49. The molecule has 0 aliphatic heterocycles. The normalized spacial score (nSPS) is 11.6. The fourth-order valence-electron chi connectivity index (χ4n) is 2.03. The molecule has 0 N–H and O–H groups in total. The first-order chi connectivity index (χ1) is 9.97. The number of aromatic nitrogens is 3. The van der Waals surface area contributed by atoms with Crippen molar-refractivity contribution >= 4 is 9.84 Å². The van der Waals surface area contributed by atoms with Crippen LogP contribution in [0.15, 0.2) is 29.4 Å². The van der Waals surface area contributed by atoms with Crippen LogP contribution in [0.3, 0.4) is 0 Å². The molecule has 0 radical (unpaired) electrons. The minimum absolute atomic E-state index is 0.0155. The maximum Gasteiger partial charge on any atom is 0.249 e. The van der Waals surface area contributed by atoms with E-state index in [1.165, 1.54) is 0 Å². The Labute approximate surface area is 124 Å². The molecule has 2 rings (SSSR count). The first kappa shape index (κ1) is 15.5. The van der Waals surface area contributed by atoms with Gasteiger partial charge in [0.1, 0.15) is 5.75 Å². The molecule has 0 saturated heterocycles. The summed E-state index contributed by atoms with van der Waals surface area (Å²) in [6, 6.07) is 7.32. The zero-order valence-corrected chi connectivity index (χ0v) is 13.2. The first-order valence-corrected chi connectivity index (χ1v) is 8.64. The molecular weight excluding hydrogens is 290 g/mol. The van der Waals surface area contributed by atoms with Gasteiger partial charge in [0, 0.05) is 18.4 Å². The van der Waals surface area contributed by atoms with Crippen molar-refractivity contribution in [3.05, 3.63) is 24.3 Å². The van der Waals surface area contributed by atoms with Crippen molar-refractivity contribution in [2.24, 2.45) is 0 Å². The maximum absolute atomic E-state index is 11.8. The van der Waals surface area contributed by atoms with Gasteiger partial charge in [0.25, 0.3) is 0 Å². The number of unbranched alkanes of at least 4 members (excludes halogenated alkanes) is 1. The molecule has 21 heavy (non-hydrogen) atoms. The highest BCUT2D eigenvalue weighted by atomic mass is 32.2. The summed E-state index contributed by atoms with van der Waals surface area (Å²) >= 11 is 0. The number of rotatable bonds is 6. The predicted octanol–water partition coefficient (Wildman–Crippen LogP) is 2.16. The van der Waals surface area contributed by atoms with Crippen LogP contribution in [0.1, 0.15) is 19.8 Å². The molecule has 0 spiro atoms. The number of ether oxygens (including phenoxy) is 1. The van der Waals surface area contributed by atoms with Crippen LogP contribution in [0.25, 0.3) is 11.4 Å². The number of sulfone groups is 1. The summed E-state index contributed by atoms with van der Waals surface area (Å²) in [4.78, 5) is 0. The fraction of sp³-hybridized carbons (Fsp3) is 0.429. The third-order valence-corrected chi connectivity index (χ3v) is 4.10. The Morgan fingerprint density at radius 1 is 1.19 bits per heavy atom. The molecule has 0 atom stereocenters. The Morgan fingerprint density at radius 2 is 1.86 bits per heavy atom. The van der Waals surface area contributed by atoms with Crippen molar-refractivity contribution < 1.29 is 13.2 Å². The summed E-state index contributed by atoms with van der Waals surface area (Å²) < 4.78 is 30.4. The predicted molar refractivity (Wildman–Crippen MR) is 80.0 cm³/mol. The molecule has 0 unspecified atom stereocenters. The third-order valence-electron chi connectivity index (χ3n) is 3.13. The molecule has 1 aromatic carbocycles. The lowest BCUT2D eigenvalue weighted by Crippen LogP contribution is -2.10. The van der Waals surface area contributed by atoms with E-state index < -0.39 is 9.84 Å². The van der Waals surface area contributed by atoms with Crippen LogP contribution in [0.4, 0.5) is 0 Å². The molecule has 114 valence electrons. The minimum atomic E-state index is -3.40. The van der Waals surface area contributed by atoms with Gasteiger partial charge in [-0.3, -0.25) is 4.57 Å². The molecular formula is C14H19N3O3S. The van der Waals surface area contributed by atoms with Crippen molar-refractivity contribution in [2.75, 3.05) is 13.4 Å². The molecule has 7 heteroatoms. The van der Waals surface area contributed by atoms with Gasteiger partial charge in [-0.05, 0) is 30.7 Å². The third kappa shape index (κ3) is 3.41. The molecule has 0 aliphatic rings. The molecule has 1 heterocycles. The van der Waals surface area contributed by atoms with Crippen molar-refractivity contribution in [3.63, 3.8) is 0 Å². The maximum atomic E-state index is 11.8. The second-order valence-corrected chi connectivity index (χ2v) is 6.72. The molecule has 0 bridgehead atoms. The molecule has 1 aromatic heterocycles. The molecule has 0 amide bonds. The van der Waals surface area contributed by atoms with E-state index in [-0.39, 0.29) is 5.16 Å². The monoisotopic (exact) mass is 309 g/mol. The zero-order valence-electron chi connectivity index (χ0n) is 12.4. The highest BCUT2D eigenvalue weighted by Gasteiger charge is 2.21. The smallest absolute Gasteiger partial charge is 0.249 e. The van der Waals surface area contributed by atoms with Gasteiger partial charge < -0.3 is 4.74 Å². The number of benzene rings is 1. The highest BCUT2D eigenvalue weighted by molar-refractivity contribution is 7.90. The lowest BCUT2D eigenvalue weighted by Gasteiger charge is -2.09. The topological polar surface area (TPSA) is 74.1 Å². The second kappa shape index (κ2) is 6.26. The summed E-state index contributed by atoms with van der Waals surface area (Å²) in [6.07, 6.45) is 2.98. The van der Waals surface area contributed by atoms with Crippen LogP contribution in [0.2, 0.25) is 0 Å². The van der Waals surface area contributed by atoms with Crippen LogP contribution in [-0.4, -0.2) is 36.5 Å². The summed E-state index contributed by atoms with van der Waals surface area (Å²) in [7, 11) is -1.80. The standard InChI is InChI=1S/C14H19N3O3S/c1-4-5-10-17-13(15-16-14(17)21(3,18)19)11-6-8-12(20-2)9-7-11/h6-9H,4-5,10H2,1-3H3. The Kier molecular flexibility index (Phi) is 4.62.